The zero-order valence-electron chi connectivity index (χ0n) is 12.3. The van der Waals surface area contributed by atoms with Crippen LogP contribution < -0.4 is 0 Å². The molecule has 1 fully saturated rings. The fraction of sp³-hybridized carbons (Fsp3) is 0.562. The molecule has 0 unspecified atom stereocenters. The fourth-order valence-electron chi connectivity index (χ4n) is 2.80. The molecule has 0 bridgehead atoms. The number of rotatable bonds is 1. The highest BCUT2D eigenvalue weighted by Gasteiger charge is 2.31. The van der Waals surface area contributed by atoms with Crippen LogP contribution in [0.5, 0.6) is 5.75 Å². The van der Waals surface area contributed by atoms with Crippen LogP contribution in [-0.4, -0.2) is 29.0 Å². The van der Waals surface area contributed by atoms with Gasteiger partial charge >= 0.3 is 0 Å². The van der Waals surface area contributed by atoms with E-state index < -0.39 is 0 Å². The van der Waals surface area contributed by atoms with Crippen molar-refractivity contribution in [1.29, 1.82) is 0 Å². The van der Waals surface area contributed by atoms with E-state index in [1.54, 1.807) is 6.07 Å². The van der Waals surface area contributed by atoms with Crippen LogP contribution in [-0.2, 0) is 0 Å². The topological polar surface area (TPSA) is 40.5 Å². The van der Waals surface area contributed by atoms with Gasteiger partial charge in [-0.2, -0.15) is 0 Å². The van der Waals surface area contributed by atoms with Crippen molar-refractivity contribution in [2.75, 3.05) is 13.1 Å². The average Bonchev–Trinajstić information content (AvgIpc) is 2.40. The summed E-state index contributed by atoms with van der Waals surface area (Å²) in [6.45, 7) is 8.23. The summed E-state index contributed by atoms with van der Waals surface area (Å²) < 4.78 is 0. The van der Waals surface area contributed by atoms with Gasteiger partial charge in [0.1, 0.15) is 5.75 Å². The second-order valence-electron chi connectivity index (χ2n) is 6.59. The van der Waals surface area contributed by atoms with E-state index in [1.807, 2.05) is 4.90 Å². The van der Waals surface area contributed by atoms with Crippen molar-refractivity contribution in [1.82, 2.24) is 4.90 Å². The number of benzene rings is 1. The predicted octanol–water partition coefficient (Wildman–Crippen LogP) is 3.94. The molecule has 1 aliphatic heterocycles. The molecular weight excluding hydrogens is 274 g/mol. The molecular formula is C16H22ClNO2. The summed E-state index contributed by atoms with van der Waals surface area (Å²) in [7, 11) is 0. The Morgan fingerprint density at radius 2 is 1.90 bits per heavy atom. The molecule has 110 valence electrons. The first-order chi connectivity index (χ1) is 9.29. The molecule has 3 nitrogen and oxygen atoms in total. The Labute approximate surface area is 125 Å². The summed E-state index contributed by atoms with van der Waals surface area (Å²) in [6.07, 6.45) is 2.02. The highest BCUT2D eigenvalue weighted by Crippen LogP contribution is 2.35. The number of aromatic hydroxyl groups is 1. The van der Waals surface area contributed by atoms with E-state index >= 15 is 0 Å². The normalized spacial score (nSPS) is 17.3. The second kappa shape index (κ2) is 5.65. The Morgan fingerprint density at radius 1 is 1.30 bits per heavy atom. The van der Waals surface area contributed by atoms with Gasteiger partial charge in [0, 0.05) is 18.1 Å². The van der Waals surface area contributed by atoms with E-state index in [4.69, 9.17) is 11.6 Å². The number of hydrogen-bond donors (Lipinski definition) is 1. The Bertz CT molecular complexity index is 500. The second-order valence-corrected chi connectivity index (χ2v) is 7.03. The van der Waals surface area contributed by atoms with Crippen LogP contribution in [0.1, 0.15) is 44.0 Å². The number of hydrogen-bond acceptors (Lipinski definition) is 2. The molecule has 1 aromatic carbocycles. The lowest BCUT2D eigenvalue weighted by molar-refractivity contribution is 0.0606. The van der Waals surface area contributed by atoms with Crippen LogP contribution in [0, 0.1) is 11.3 Å². The Kier molecular flexibility index (Phi) is 4.28. The summed E-state index contributed by atoms with van der Waals surface area (Å²) in [6, 6.07) is 4.59. The quantitative estimate of drug-likeness (QED) is 0.852. The van der Waals surface area contributed by atoms with Crippen molar-refractivity contribution in [3.63, 3.8) is 0 Å². The van der Waals surface area contributed by atoms with Gasteiger partial charge in [-0.05, 0) is 42.4 Å². The SMILES string of the molecule is CC(C)(C)C1CCN(C(=O)c2cc(Cl)ccc2O)CC1. The van der Waals surface area contributed by atoms with Crippen LogP contribution in [0.3, 0.4) is 0 Å². The number of carbonyl (C=O) groups is 1. The van der Waals surface area contributed by atoms with E-state index in [9.17, 15) is 9.90 Å². The smallest absolute Gasteiger partial charge is 0.257 e. The molecule has 1 N–H and O–H groups in total. The Morgan fingerprint density at radius 3 is 2.45 bits per heavy atom. The molecule has 1 saturated heterocycles. The standard InChI is InChI=1S/C16H22ClNO2/c1-16(2,3)11-6-8-18(9-7-11)15(20)13-10-12(17)4-5-14(13)19/h4-5,10-11,19H,6-9H2,1-3H3. The first-order valence-corrected chi connectivity index (χ1v) is 7.44. The zero-order valence-corrected chi connectivity index (χ0v) is 13.1. The Balaban J connectivity index is 2.07. The summed E-state index contributed by atoms with van der Waals surface area (Å²) >= 11 is 5.90. The van der Waals surface area contributed by atoms with E-state index in [0.29, 0.717) is 16.5 Å². The van der Waals surface area contributed by atoms with Gasteiger partial charge in [-0.3, -0.25) is 4.79 Å². The lowest BCUT2D eigenvalue weighted by atomic mass is 9.75. The summed E-state index contributed by atoms with van der Waals surface area (Å²) in [5, 5.41) is 10.3. The molecule has 0 saturated carbocycles. The molecule has 0 aromatic heterocycles. The molecule has 0 atom stereocenters. The van der Waals surface area contributed by atoms with Crippen LogP contribution in [0.15, 0.2) is 18.2 Å². The van der Waals surface area contributed by atoms with E-state index in [1.165, 1.54) is 12.1 Å². The number of halogens is 1. The number of phenols is 1. The molecule has 0 aliphatic carbocycles. The van der Waals surface area contributed by atoms with Crippen LogP contribution >= 0.6 is 11.6 Å². The van der Waals surface area contributed by atoms with E-state index in [2.05, 4.69) is 20.8 Å². The van der Waals surface area contributed by atoms with Gasteiger partial charge in [-0.1, -0.05) is 32.4 Å². The summed E-state index contributed by atoms with van der Waals surface area (Å²) in [5.74, 6) is 0.509. The van der Waals surface area contributed by atoms with E-state index in [0.717, 1.165) is 25.9 Å². The van der Waals surface area contributed by atoms with Crippen LogP contribution in [0.4, 0.5) is 0 Å². The maximum atomic E-state index is 12.4. The largest absolute Gasteiger partial charge is 0.507 e. The number of phenolic OH excluding ortho intramolecular Hbond substituents is 1. The van der Waals surface area contributed by atoms with Crippen molar-refractivity contribution in [3.8, 4) is 5.75 Å². The van der Waals surface area contributed by atoms with E-state index in [-0.39, 0.29) is 17.1 Å². The average molecular weight is 296 g/mol. The molecule has 0 spiro atoms. The van der Waals surface area contributed by atoms with Crippen molar-refractivity contribution in [3.05, 3.63) is 28.8 Å². The monoisotopic (exact) mass is 295 g/mol. The minimum atomic E-state index is -0.127. The van der Waals surface area contributed by atoms with Gasteiger partial charge in [0.2, 0.25) is 0 Å². The lowest BCUT2D eigenvalue weighted by Gasteiger charge is -2.38. The molecule has 20 heavy (non-hydrogen) atoms. The van der Waals surface area contributed by atoms with Crippen LogP contribution in [0.25, 0.3) is 0 Å². The molecule has 2 rings (SSSR count). The van der Waals surface area contributed by atoms with Crippen molar-refractivity contribution >= 4 is 17.5 Å². The number of amides is 1. The predicted molar refractivity (Wildman–Crippen MR) is 81.2 cm³/mol. The first kappa shape index (κ1) is 15.2. The third-order valence-corrected chi connectivity index (χ3v) is 4.43. The third kappa shape index (κ3) is 3.26. The van der Waals surface area contributed by atoms with Gasteiger partial charge in [-0.15, -0.1) is 0 Å². The van der Waals surface area contributed by atoms with Gasteiger partial charge in [0.05, 0.1) is 5.56 Å². The van der Waals surface area contributed by atoms with Gasteiger partial charge in [0.15, 0.2) is 0 Å². The van der Waals surface area contributed by atoms with Gasteiger partial charge < -0.3 is 10.0 Å². The maximum absolute atomic E-state index is 12.4. The fourth-order valence-corrected chi connectivity index (χ4v) is 2.97. The molecule has 1 aromatic rings. The summed E-state index contributed by atoms with van der Waals surface area (Å²) in [4.78, 5) is 14.2. The minimum Gasteiger partial charge on any atom is -0.507 e. The minimum absolute atomic E-state index is 0.00246. The van der Waals surface area contributed by atoms with Crippen molar-refractivity contribution in [2.45, 2.75) is 33.6 Å². The number of likely N-dealkylation sites (tertiary alicyclic amines) is 1. The molecule has 1 heterocycles. The van der Waals surface area contributed by atoms with Gasteiger partial charge in [0.25, 0.3) is 5.91 Å². The van der Waals surface area contributed by atoms with Gasteiger partial charge in [-0.25, -0.2) is 0 Å². The zero-order chi connectivity index (χ0) is 14.9. The molecule has 0 radical (unpaired) electrons. The highest BCUT2D eigenvalue weighted by molar-refractivity contribution is 6.31. The van der Waals surface area contributed by atoms with Crippen molar-refractivity contribution in [2.24, 2.45) is 11.3 Å². The Hall–Kier alpha value is -1.22. The first-order valence-electron chi connectivity index (χ1n) is 7.07. The molecule has 1 aliphatic rings. The maximum Gasteiger partial charge on any atom is 0.257 e. The molecule has 4 heteroatoms. The summed E-state index contributed by atoms with van der Waals surface area (Å²) in [5.41, 5.74) is 0.583. The lowest BCUT2D eigenvalue weighted by Crippen LogP contribution is -2.41. The number of piperidine rings is 1. The third-order valence-electron chi connectivity index (χ3n) is 4.20. The highest BCUT2D eigenvalue weighted by atomic mass is 35.5. The van der Waals surface area contributed by atoms with Crippen molar-refractivity contribution < 1.29 is 9.90 Å². The van der Waals surface area contributed by atoms with Crippen LogP contribution in [0.2, 0.25) is 5.02 Å². The number of carbonyl (C=O) groups excluding carboxylic acids is 1. The molecule has 1 amide bonds. The number of nitrogens with zero attached hydrogens (tertiary/aromatic N) is 1.